The second-order valence-corrected chi connectivity index (χ2v) is 10.1. The van der Waals surface area contributed by atoms with Crippen molar-refractivity contribution in [2.45, 2.75) is 24.4 Å². The molecular weight excluding hydrogens is 461 g/mol. The molecule has 1 unspecified atom stereocenters. The van der Waals surface area contributed by atoms with E-state index in [9.17, 15) is 13.2 Å². The number of sulfonamides is 1. The summed E-state index contributed by atoms with van der Waals surface area (Å²) in [7, 11) is -1.84. The predicted octanol–water partition coefficient (Wildman–Crippen LogP) is 3.47. The molecule has 1 amide bonds. The number of nitrogens with one attached hydrogen (secondary N) is 1. The van der Waals surface area contributed by atoms with E-state index < -0.39 is 16.1 Å². The number of amides is 1. The van der Waals surface area contributed by atoms with Crippen molar-refractivity contribution in [3.8, 4) is 0 Å². The molecule has 1 N–H and O–H groups in total. The molecule has 2 aromatic rings. The second-order valence-electron chi connectivity index (χ2n) is 7.34. The minimum absolute atomic E-state index is 0.138. The number of carbonyl (C=O) groups excluding carboxylic acids is 1. The summed E-state index contributed by atoms with van der Waals surface area (Å²) < 4.78 is 32.3. The lowest BCUT2D eigenvalue weighted by atomic mass is 10.2. The topological polar surface area (TPSA) is 79.0 Å². The van der Waals surface area contributed by atoms with Gasteiger partial charge in [0.2, 0.25) is 15.9 Å². The summed E-state index contributed by atoms with van der Waals surface area (Å²) in [5.41, 5.74) is 1.23. The van der Waals surface area contributed by atoms with Gasteiger partial charge in [0.05, 0.1) is 34.2 Å². The number of nitrogens with zero attached hydrogens (tertiary/aromatic N) is 2. The molecule has 0 saturated carbocycles. The Balaban J connectivity index is 1.68. The molecule has 1 fully saturated rings. The Morgan fingerprint density at radius 3 is 2.58 bits per heavy atom. The lowest BCUT2D eigenvalue weighted by molar-refractivity contribution is -0.120. The number of hydrogen-bond acceptors (Lipinski definition) is 5. The van der Waals surface area contributed by atoms with Crippen molar-refractivity contribution in [1.82, 2.24) is 9.21 Å². The van der Waals surface area contributed by atoms with Crippen LogP contribution in [0.25, 0.3) is 0 Å². The normalized spacial score (nSPS) is 16.3. The SMILES string of the molecule is CC(C(=O)Nc1cccc(S(=O)(=O)N2CCOCC2)c1)N(C)Cc1cccc(Cl)c1Cl. The molecule has 2 aromatic carbocycles. The maximum Gasteiger partial charge on any atom is 0.243 e. The fraction of sp³-hybridized carbons (Fsp3) is 0.381. The zero-order valence-corrected chi connectivity index (χ0v) is 19.7. The van der Waals surface area contributed by atoms with Crippen LogP contribution in [0.4, 0.5) is 5.69 Å². The van der Waals surface area contributed by atoms with Crippen molar-refractivity contribution in [3.05, 3.63) is 58.1 Å². The highest BCUT2D eigenvalue weighted by Gasteiger charge is 2.27. The third-order valence-corrected chi connectivity index (χ3v) is 7.95. The van der Waals surface area contributed by atoms with Crippen LogP contribution in [0, 0.1) is 0 Å². The van der Waals surface area contributed by atoms with Gasteiger partial charge in [0.25, 0.3) is 0 Å². The molecule has 1 aliphatic heterocycles. The average Bonchev–Trinajstić information content (AvgIpc) is 2.77. The number of halogens is 2. The van der Waals surface area contributed by atoms with Crippen LogP contribution in [0.5, 0.6) is 0 Å². The molecule has 0 spiro atoms. The van der Waals surface area contributed by atoms with Gasteiger partial charge < -0.3 is 10.1 Å². The Kier molecular flexibility index (Phi) is 7.96. The van der Waals surface area contributed by atoms with E-state index >= 15 is 0 Å². The Bertz CT molecular complexity index is 1040. The van der Waals surface area contributed by atoms with E-state index in [0.29, 0.717) is 48.6 Å². The van der Waals surface area contributed by atoms with Gasteiger partial charge in [0.15, 0.2) is 0 Å². The third kappa shape index (κ3) is 5.77. The number of benzene rings is 2. The molecule has 0 bridgehead atoms. The van der Waals surface area contributed by atoms with E-state index in [-0.39, 0.29) is 10.8 Å². The lowest BCUT2D eigenvalue weighted by Gasteiger charge is -2.26. The molecule has 31 heavy (non-hydrogen) atoms. The summed E-state index contributed by atoms with van der Waals surface area (Å²) in [5.74, 6) is -0.262. The fourth-order valence-electron chi connectivity index (χ4n) is 3.19. The van der Waals surface area contributed by atoms with Gasteiger partial charge in [-0.25, -0.2) is 8.42 Å². The van der Waals surface area contributed by atoms with E-state index in [1.54, 1.807) is 32.2 Å². The van der Waals surface area contributed by atoms with Crippen LogP contribution in [0.15, 0.2) is 47.4 Å². The highest BCUT2D eigenvalue weighted by Crippen LogP contribution is 2.27. The molecule has 1 saturated heterocycles. The van der Waals surface area contributed by atoms with E-state index in [0.717, 1.165) is 5.56 Å². The van der Waals surface area contributed by atoms with Gasteiger partial charge in [-0.3, -0.25) is 9.69 Å². The largest absolute Gasteiger partial charge is 0.379 e. The summed E-state index contributed by atoms with van der Waals surface area (Å²) >= 11 is 12.3. The zero-order valence-electron chi connectivity index (χ0n) is 17.3. The fourth-order valence-corrected chi connectivity index (χ4v) is 5.03. The van der Waals surface area contributed by atoms with Crippen molar-refractivity contribution in [3.63, 3.8) is 0 Å². The molecule has 10 heteroatoms. The molecule has 0 aromatic heterocycles. The minimum atomic E-state index is -3.64. The Morgan fingerprint density at radius 2 is 1.87 bits per heavy atom. The summed E-state index contributed by atoms with van der Waals surface area (Å²) in [6.45, 7) is 3.56. The van der Waals surface area contributed by atoms with Crippen molar-refractivity contribution >= 4 is 44.8 Å². The van der Waals surface area contributed by atoms with E-state index in [1.165, 1.54) is 16.4 Å². The van der Waals surface area contributed by atoms with Crippen LogP contribution in [-0.4, -0.2) is 62.9 Å². The van der Waals surface area contributed by atoms with E-state index in [2.05, 4.69) is 5.32 Å². The van der Waals surface area contributed by atoms with Gasteiger partial charge in [0, 0.05) is 25.3 Å². The maximum absolute atomic E-state index is 12.9. The van der Waals surface area contributed by atoms with Crippen LogP contribution in [0.3, 0.4) is 0 Å². The number of carbonyl (C=O) groups is 1. The summed E-state index contributed by atoms with van der Waals surface area (Å²) in [5, 5.41) is 3.73. The number of likely N-dealkylation sites (N-methyl/N-ethyl adjacent to an activating group) is 1. The molecular formula is C21H25Cl2N3O4S. The monoisotopic (exact) mass is 485 g/mol. The molecule has 1 atom stereocenters. The average molecular weight is 486 g/mol. The first-order chi connectivity index (χ1) is 14.7. The first kappa shape index (κ1) is 24.0. The summed E-state index contributed by atoms with van der Waals surface area (Å²) in [4.78, 5) is 14.7. The van der Waals surface area contributed by atoms with E-state index in [1.807, 2.05) is 17.0 Å². The smallest absolute Gasteiger partial charge is 0.243 e. The molecule has 0 aliphatic carbocycles. The molecule has 7 nitrogen and oxygen atoms in total. The van der Waals surface area contributed by atoms with Crippen molar-refractivity contribution < 1.29 is 17.9 Å². The van der Waals surface area contributed by atoms with Gasteiger partial charge in [-0.1, -0.05) is 41.4 Å². The Labute approximate surface area is 192 Å². The highest BCUT2D eigenvalue weighted by molar-refractivity contribution is 7.89. The molecule has 1 aliphatic rings. The third-order valence-electron chi connectivity index (χ3n) is 5.20. The molecule has 1 heterocycles. The number of hydrogen-bond donors (Lipinski definition) is 1. The van der Waals surface area contributed by atoms with Gasteiger partial charge in [-0.2, -0.15) is 4.31 Å². The van der Waals surface area contributed by atoms with Crippen LogP contribution in [0.1, 0.15) is 12.5 Å². The first-order valence-corrected chi connectivity index (χ1v) is 12.0. The quantitative estimate of drug-likeness (QED) is 0.649. The van der Waals surface area contributed by atoms with Crippen LogP contribution in [0.2, 0.25) is 10.0 Å². The van der Waals surface area contributed by atoms with Crippen LogP contribution < -0.4 is 5.32 Å². The summed E-state index contributed by atoms with van der Waals surface area (Å²) in [6.07, 6.45) is 0. The van der Waals surface area contributed by atoms with Crippen molar-refractivity contribution in [1.29, 1.82) is 0 Å². The Hall–Kier alpha value is -1.68. The van der Waals surface area contributed by atoms with Crippen molar-refractivity contribution in [2.75, 3.05) is 38.7 Å². The number of rotatable bonds is 7. The highest BCUT2D eigenvalue weighted by atomic mass is 35.5. The second kappa shape index (κ2) is 10.3. The lowest BCUT2D eigenvalue weighted by Crippen LogP contribution is -2.40. The van der Waals surface area contributed by atoms with Gasteiger partial charge >= 0.3 is 0 Å². The molecule has 3 rings (SSSR count). The standard InChI is InChI=1S/C21H25Cl2N3O4S/c1-15(25(2)14-16-5-3-8-19(22)20(16)23)21(27)24-17-6-4-7-18(13-17)31(28,29)26-9-11-30-12-10-26/h3-8,13,15H,9-12,14H2,1-2H3,(H,24,27). The van der Waals surface area contributed by atoms with Gasteiger partial charge in [-0.05, 0) is 43.8 Å². The molecule has 0 radical (unpaired) electrons. The zero-order chi connectivity index (χ0) is 22.6. The predicted molar refractivity (Wildman–Crippen MR) is 122 cm³/mol. The van der Waals surface area contributed by atoms with Crippen molar-refractivity contribution in [2.24, 2.45) is 0 Å². The van der Waals surface area contributed by atoms with Crippen LogP contribution >= 0.6 is 23.2 Å². The molecule has 168 valence electrons. The summed E-state index contributed by atoms with van der Waals surface area (Å²) in [6, 6.07) is 11.2. The van der Waals surface area contributed by atoms with Crippen LogP contribution in [-0.2, 0) is 26.1 Å². The first-order valence-electron chi connectivity index (χ1n) is 9.82. The number of morpholine rings is 1. The van der Waals surface area contributed by atoms with Gasteiger partial charge in [0.1, 0.15) is 0 Å². The van der Waals surface area contributed by atoms with E-state index in [4.69, 9.17) is 27.9 Å². The Morgan fingerprint density at radius 1 is 1.19 bits per heavy atom. The maximum atomic E-state index is 12.9. The number of ether oxygens (including phenoxy) is 1. The van der Waals surface area contributed by atoms with Gasteiger partial charge in [-0.15, -0.1) is 0 Å². The number of anilines is 1. The minimum Gasteiger partial charge on any atom is -0.379 e.